The number of furan rings is 1. The number of amides is 1. The van der Waals surface area contributed by atoms with Crippen LogP contribution in [-0.4, -0.2) is 29.8 Å². The molecule has 0 unspecified atom stereocenters. The predicted molar refractivity (Wildman–Crippen MR) is 123 cm³/mol. The molecule has 2 heterocycles. The summed E-state index contributed by atoms with van der Waals surface area (Å²) in [6.07, 6.45) is 1.58. The lowest BCUT2D eigenvalue weighted by molar-refractivity contribution is 0.0600. The van der Waals surface area contributed by atoms with Gasteiger partial charge >= 0.3 is 11.9 Å². The number of aryl methyl sites for hydroxylation is 1. The van der Waals surface area contributed by atoms with Gasteiger partial charge in [-0.1, -0.05) is 11.6 Å². The quantitative estimate of drug-likeness (QED) is 0.262. The molecule has 0 bridgehead atoms. The van der Waals surface area contributed by atoms with Gasteiger partial charge in [0.1, 0.15) is 5.58 Å². The lowest BCUT2D eigenvalue weighted by atomic mass is 10.2. The molecular formula is C24H20ClN3O4. The van der Waals surface area contributed by atoms with Crippen LogP contribution in [0.4, 0.5) is 0 Å². The van der Waals surface area contributed by atoms with E-state index in [1.54, 1.807) is 42.6 Å². The van der Waals surface area contributed by atoms with Crippen molar-refractivity contribution in [2.75, 3.05) is 7.11 Å². The third-order valence-electron chi connectivity index (χ3n) is 5.09. The number of esters is 1. The van der Waals surface area contributed by atoms with E-state index in [9.17, 15) is 9.59 Å². The number of halogens is 1. The van der Waals surface area contributed by atoms with Crippen LogP contribution in [0.2, 0.25) is 5.02 Å². The normalized spacial score (nSPS) is 11.2. The number of hydrogen-bond acceptors (Lipinski definition) is 5. The number of hydrogen-bond donors (Lipinski definition) is 1. The van der Waals surface area contributed by atoms with E-state index in [0.717, 1.165) is 28.0 Å². The van der Waals surface area contributed by atoms with Crippen LogP contribution in [0.1, 0.15) is 37.9 Å². The third-order valence-corrected chi connectivity index (χ3v) is 5.32. The Labute approximate surface area is 189 Å². The predicted octanol–water partition coefficient (Wildman–Crippen LogP) is 5.04. The molecule has 32 heavy (non-hydrogen) atoms. The zero-order valence-corrected chi connectivity index (χ0v) is 18.4. The van der Waals surface area contributed by atoms with Crippen molar-refractivity contribution in [3.63, 3.8) is 0 Å². The van der Waals surface area contributed by atoms with Gasteiger partial charge in [-0.05, 0) is 68.4 Å². The molecule has 8 heteroatoms. The molecular weight excluding hydrogens is 430 g/mol. The Hall–Kier alpha value is -3.84. The van der Waals surface area contributed by atoms with Crippen molar-refractivity contribution in [3.8, 4) is 5.69 Å². The Morgan fingerprint density at radius 3 is 2.56 bits per heavy atom. The molecule has 0 aliphatic carbocycles. The van der Waals surface area contributed by atoms with Crippen LogP contribution in [0, 0.1) is 13.8 Å². The molecule has 2 aromatic heterocycles. The van der Waals surface area contributed by atoms with Crippen LogP contribution >= 0.6 is 11.6 Å². The number of nitrogens with zero attached hydrogens (tertiary/aromatic N) is 2. The van der Waals surface area contributed by atoms with Crippen LogP contribution in [0.5, 0.6) is 0 Å². The van der Waals surface area contributed by atoms with Crippen LogP contribution < -0.4 is 5.43 Å². The number of nitrogens with one attached hydrogen (secondary N) is 1. The van der Waals surface area contributed by atoms with Crippen LogP contribution in [-0.2, 0) is 4.74 Å². The zero-order chi connectivity index (χ0) is 22.8. The van der Waals surface area contributed by atoms with Gasteiger partial charge in [-0.2, -0.15) is 5.10 Å². The van der Waals surface area contributed by atoms with Crippen LogP contribution in [0.25, 0.3) is 16.7 Å². The minimum absolute atomic E-state index is 0.149. The summed E-state index contributed by atoms with van der Waals surface area (Å²) in [7, 11) is 1.35. The van der Waals surface area contributed by atoms with Gasteiger partial charge in [0.05, 0.1) is 18.9 Å². The van der Waals surface area contributed by atoms with E-state index in [1.165, 1.54) is 7.11 Å². The van der Waals surface area contributed by atoms with Crippen molar-refractivity contribution in [3.05, 3.63) is 87.9 Å². The fourth-order valence-electron chi connectivity index (χ4n) is 3.52. The maximum absolute atomic E-state index is 12.4. The molecule has 2 aromatic carbocycles. The fraction of sp³-hybridized carbons (Fsp3) is 0.125. The second-order valence-corrected chi connectivity index (χ2v) is 7.63. The van der Waals surface area contributed by atoms with E-state index in [-0.39, 0.29) is 11.7 Å². The molecule has 0 aliphatic rings. The van der Waals surface area contributed by atoms with E-state index in [4.69, 9.17) is 20.8 Å². The fourth-order valence-corrected chi connectivity index (χ4v) is 3.70. The summed E-state index contributed by atoms with van der Waals surface area (Å²) in [6, 6.07) is 15.9. The number of ether oxygens (including phenoxy) is 1. The van der Waals surface area contributed by atoms with Gasteiger partial charge in [0, 0.05) is 33.0 Å². The van der Waals surface area contributed by atoms with Crippen molar-refractivity contribution in [2.24, 2.45) is 5.10 Å². The SMILES string of the molecule is COC(=O)c1ccc(-n2c(C)cc(/C=N/NC(=O)c3cc4cc(Cl)ccc4o3)c2C)cc1. The molecule has 1 amide bonds. The van der Waals surface area contributed by atoms with Gasteiger partial charge in [-0.15, -0.1) is 0 Å². The highest BCUT2D eigenvalue weighted by molar-refractivity contribution is 6.31. The molecule has 4 rings (SSSR count). The van der Waals surface area contributed by atoms with Crippen molar-refractivity contribution >= 4 is 40.7 Å². The Balaban J connectivity index is 1.51. The summed E-state index contributed by atoms with van der Waals surface area (Å²) >= 11 is 5.97. The molecule has 1 N–H and O–H groups in total. The first kappa shape index (κ1) is 21.4. The van der Waals surface area contributed by atoms with Crippen LogP contribution in [0.3, 0.4) is 0 Å². The maximum Gasteiger partial charge on any atom is 0.337 e. The van der Waals surface area contributed by atoms with Crippen LogP contribution in [0.15, 0.2) is 64.1 Å². The number of carbonyl (C=O) groups excluding carboxylic acids is 2. The summed E-state index contributed by atoms with van der Waals surface area (Å²) in [6.45, 7) is 3.92. The molecule has 4 aromatic rings. The third kappa shape index (κ3) is 4.15. The number of benzene rings is 2. The average molecular weight is 450 g/mol. The first-order valence-corrected chi connectivity index (χ1v) is 10.2. The minimum Gasteiger partial charge on any atom is -0.465 e. The lowest BCUT2D eigenvalue weighted by Crippen LogP contribution is -2.16. The summed E-state index contributed by atoms with van der Waals surface area (Å²) in [5.74, 6) is -0.690. The topological polar surface area (TPSA) is 85.8 Å². The van der Waals surface area contributed by atoms with E-state index < -0.39 is 5.91 Å². The molecule has 0 aliphatic heterocycles. The minimum atomic E-state index is -0.458. The van der Waals surface area contributed by atoms with Gasteiger partial charge in [0.15, 0.2) is 5.76 Å². The summed E-state index contributed by atoms with van der Waals surface area (Å²) in [5, 5.41) is 5.39. The standard InChI is InChI=1S/C24H20ClN3O4/c1-14-10-18(15(2)28(14)20-7-4-16(5-8-20)24(30)31-3)13-26-27-23(29)22-12-17-11-19(25)6-9-21(17)32-22/h4-13H,1-3H3,(H,27,29)/b26-13+. The molecule has 0 fully saturated rings. The Bertz CT molecular complexity index is 1350. The monoisotopic (exact) mass is 449 g/mol. The Morgan fingerprint density at radius 1 is 1.09 bits per heavy atom. The van der Waals surface area contributed by atoms with E-state index in [2.05, 4.69) is 10.5 Å². The molecule has 0 radical (unpaired) electrons. The van der Waals surface area contributed by atoms with Gasteiger partial charge in [-0.3, -0.25) is 4.79 Å². The van der Waals surface area contributed by atoms with Gasteiger partial charge < -0.3 is 13.7 Å². The number of fused-ring (bicyclic) bond motifs is 1. The second kappa shape index (κ2) is 8.72. The summed E-state index contributed by atoms with van der Waals surface area (Å²) in [5.41, 5.74) is 7.21. The number of aromatic nitrogens is 1. The highest BCUT2D eigenvalue weighted by Crippen LogP contribution is 2.23. The molecule has 0 saturated carbocycles. The number of methoxy groups -OCH3 is 1. The van der Waals surface area contributed by atoms with Crippen molar-refractivity contribution in [1.29, 1.82) is 0 Å². The second-order valence-electron chi connectivity index (χ2n) is 7.19. The van der Waals surface area contributed by atoms with Gasteiger partial charge in [0.25, 0.3) is 0 Å². The van der Waals surface area contributed by atoms with E-state index in [0.29, 0.717) is 16.2 Å². The molecule has 7 nitrogen and oxygen atoms in total. The van der Waals surface area contributed by atoms with Crippen molar-refractivity contribution < 1.29 is 18.7 Å². The molecule has 0 spiro atoms. The Kier molecular flexibility index (Phi) is 5.83. The zero-order valence-electron chi connectivity index (χ0n) is 17.7. The van der Waals surface area contributed by atoms with Gasteiger partial charge in [-0.25, -0.2) is 10.2 Å². The highest BCUT2D eigenvalue weighted by Gasteiger charge is 2.13. The van der Waals surface area contributed by atoms with Crippen molar-refractivity contribution in [2.45, 2.75) is 13.8 Å². The average Bonchev–Trinajstić information content (AvgIpc) is 3.33. The summed E-state index contributed by atoms with van der Waals surface area (Å²) in [4.78, 5) is 24.0. The van der Waals surface area contributed by atoms with E-state index in [1.807, 2.05) is 36.6 Å². The number of rotatable bonds is 5. The molecule has 0 atom stereocenters. The first-order chi connectivity index (χ1) is 15.4. The Morgan fingerprint density at radius 2 is 1.84 bits per heavy atom. The molecule has 162 valence electrons. The summed E-state index contributed by atoms with van der Waals surface area (Å²) < 4.78 is 12.3. The smallest absolute Gasteiger partial charge is 0.337 e. The van der Waals surface area contributed by atoms with Gasteiger partial charge in [0.2, 0.25) is 0 Å². The lowest BCUT2D eigenvalue weighted by Gasteiger charge is -2.10. The number of carbonyl (C=O) groups is 2. The van der Waals surface area contributed by atoms with Crippen molar-refractivity contribution in [1.82, 2.24) is 9.99 Å². The largest absolute Gasteiger partial charge is 0.465 e. The first-order valence-electron chi connectivity index (χ1n) is 9.77. The maximum atomic E-state index is 12.4. The number of hydrazone groups is 1. The highest BCUT2D eigenvalue weighted by atomic mass is 35.5. The molecule has 0 saturated heterocycles. The van der Waals surface area contributed by atoms with E-state index >= 15 is 0 Å².